The first-order chi connectivity index (χ1) is 10.5. The first kappa shape index (κ1) is 14.8. The summed E-state index contributed by atoms with van der Waals surface area (Å²) < 4.78 is 37.5. The van der Waals surface area contributed by atoms with E-state index in [1.807, 2.05) is 18.2 Å². The fourth-order valence-electron chi connectivity index (χ4n) is 2.50. The van der Waals surface area contributed by atoms with Gasteiger partial charge in [-0.25, -0.2) is 4.98 Å². The van der Waals surface area contributed by atoms with Crippen molar-refractivity contribution in [2.45, 2.75) is 12.7 Å². The lowest BCUT2D eigenvalue weighted by molar-refractivity contribution is -0.141. The summed E-state index contributed by atoms with van der Waals surface area (Å²) in [5.41, 5.74) is -0.381. The number of aromatic nitrogens is 3. The van der Waals surface area contributed by atoms with Gasteiger partial charge in [0.25, 0.3) is 0 Å². The van der Waals surface area contributed by atoms with Gasteiger partial charge in [-0.05, 0) is 18.2 Å². The molecule has 0 aromatic carbocycles. The maximum Gasteiger partial charge on any atom is 0.435 e. The van der Waals surface area contributed by atoms with Crippen LogP contribution in [0.5, 0.6) is 0 Å². The maximum absolute atomic E-state index is 12.5. The Morgan fingerprint density at radius 1 is 1.14 bits per heavy atom. The SMILES string of the molecule is FC(F)(F)c1cc(CN2CCN(c3ccccn3)CC2)[nH]n1. The lowest BCUT2D eigenvalue weighted by atomic mass is 10.2. The Morgan fingerprint density at radius 2 is 1.91 bits per heavy atom. The van der Waals surface area contributed by atoms with Gasteiger partial charge in [0.15, 0.2) is 5.69 Å². The quantitative estimate of drug-likeness (QED) is 0.943. The number of H-pyrrole nitrogens is 1. The van der Waals surface area contributed by atoms with Crippen LogP contribution in [-0.2, 0) is 12.7 Å². The van der Waals surface area contributed by atoms with Gasteiger partial charge in [-0.2, -0.15) is 18.3 Å². The second-order valence-electron chi connectivity index (χ2n) is 5.23. The van der Waals surface area contributed by atoms with Crippen molar-refractivity contribution in [1.29, 1.82) is 0 Å². The van der Waals surface area contributed by atoms with E-state index >= 15 is 0 Å². The van der Waals surface area contributed by atoms with Gasteiger partial charge in [0.05, 0.1) is 0 Å². The van der Waals surface area contributed by atoms with Crippen molar-refractivity contribution in [1.82, 2.24) is 20.1 Å². The molecule has 0 bridgehead atoms. The van der Waals surface area contributed by atoms with Gasteiger partial charge in [0.1, 0.15) is 5.82 Å². The van der Waals surface area contributed by atoms with Crippen LogP contribution in [0.2, 0.25) is 0 Å². The van der Waals surface area contributed by atoms with Crippen LogP contribution in [-0.4, -0.2) is 46.3 Å². The number of nitrogens with zero attached hydrogens (tertiary/aromatic N) is 4. The zero-order valence-electron chi connectivity index (χ0n) is 11.8. The first-order valence-electron chi connectivity index (χ1n) is 7.02. The molecule has 118 valence electrons. The highest BCUT2D eigenvalue weighted by atomic mass is 19.4. The van der Waals surface area contributed by atoms with Gasteiger partial charge in [-0.15, -0.1) is 0 Å². The van der Waals surface area contributed by atoms with Crippen LogP contribution in [0.4, 0.5) is 19.0 Å². The molecular weight excluding hydrogens is 295 g/mol. The lowest BCUT2D eigenvalue weighted by Crippen LogP contribution is -2.46. The minimum Gasteiger partial charge on any atom is -0.354 e. The highest BCUT2D eigenvalue weighted by molar-refractivity contribution is 5.38. The molecule has 1 saturated heterocycles. The Hall–Kier alpha value is -2.09. The molecule has 2 aromatic heterocycles. The maximum atomic E-state index is 12.5. The average molecular weight is 311 g/mol. The Kier molecular flexibility index (Phi) is 4.02. The van der Waals surface area contributed by atoms with E-state index in [2.05, 4.69) is 25.0 Å². The molecule has 0 amide bonds. The van der Waals surface area contributed by atoms with Crippen molar-refractivity contribution >= 4 is 5.82 Å². The second-order valence-corrected chi connectivity index (χ2v) is 5.23. The van der Waals surface area contributed by atoms with Crippen LogP contribution in [0.15, 0.2) is 30.5 Å². The summed E-state index contributed by atoms with van der Waals surface area (Å²) in [6.45, 7) is 3.60. The molecule has 3 rings (SSSR count). The molecule has 5 nitrogen and oxygen atoms in total. The number of rotatable bonds is 3. The van der Waals surface area contributed by atoms with Gasteiger partial charge in [0, 0.05) is 44.6 Å². The summed E-state index contributed by atoms with van der Waals surface area (Å²) in [5, 5.41) is 5.78. The van der Waals surface area contributed by atoms with Crippen molar-refractivity contribution in [3.8, 4) is 0 Å². The zero-order chi connectivity index (χ0) is 15.6. The predicted octanol–water partition coefficient (Wildman–Crippen LogP) is 2.15. The van der Waals surface area contributed by atoms with Crippen LogP contribution in [0, 0.1) is 0 Å². The highest BCUT2D eigenvalue weighted by Crippen LogP contribution is 2.28. The molecule has 0 unspecified atom stereocenters. The number of hydrogen-bond donors (Lipinski definition) is 1. The molecule has 22 heavy (non-hydrogen) atoms. The van der Waals surface area contributed by atoms with E-state index in [9.17, 15) is 13.2 Å². The third-order valence-electron chi connectivity index (χ3n) is 3.66. The van der Waals surface area contributed by atoms with Crippen molar-refractivity contribution in [3.63, 3.8) is 0 Å². The van der Waals surface area contributed by atoms with Gasteiger partial charge < -0.3 is 4.90 Å². The number of piperazine rings is 1. The number of nitrogens with one attached hydrogen (secondary N) is 1. The summed E-state index contributed by atoms with van der Waals surface area (Å²) in [7, 11) is 0. The minimum absolute atomic E-state index is 0.444. The van der Waals surface area contributed by atoms with Crippen molar-refractivity contribution < 1.29 is 13.2 Å². The smallest absolute Gasteiger partial charge is 0.354 e. The summed E-state index contributed by atoms with van der Waals surface area (Å²) in [4.78, 5) is 8.58. The lowest BCUT2D eigenvalue weighted by Gasteiger charge is -2.35. The molecule has 1 aliphatic rings. The molecule has 8 heteroatoms. The fourth-order valence-corrected chi connectivity index (χ4v) is 2.50. The van der Waals surface area contributed by atoms with Crippen LogP contribution in [0.25, 0.3) is 0 Å². The third kappa shape index (κ3) is 3.38. The van der Waals surface area contributed by atoms with E-state index in [1.54, 1.807) is 6.20 Å². The number of aromatic amines is 1. The molecule has 0 saturated carbocycles. The number of halogens is 3. The number of alkyl halides is 3. The normalized spacial score (nSPS) is 17.0. The number of hydrogen-bond acceptors (Lipinski definition) is 4. The minimum atomic E-state index is -4.40. The second kappa shape index (κ2) is 5.96. The monoisotopic (exact) mass is 311 g/mol. The molecule has 2 aromatic rings. The first-order valence-corrected chi connectivity index (χ1v) is 7.02. The molecule has 1 fully saturated rings. The van der Waals surface area contributed by atoms with Crippen LogP contribution in [0.1, 0.15) is 11.4 Å². The zero-order valence-corrected chi connectivity index (χ0v) is 11.8. The molecule has 0 radical (unpaired) electrons. The Labute approximate surface area is 125 Å². The van der Waals surface area contributed by atoms with E-state index in [1.165, 1.54) is 0 Å². The standard InChI is InChI=1S/C14H16F3N5/c15-14(16,17)12-9-11(19-20-12)10-21-5-7-22(8-6-21)13-3-1-2-4-18-13/h1-4,9H,5-8,10H2,(H,19,20). The van der Waals surface area contributed by atoms with Gasteiger partial charge >= 0.3 is 6.18 Å². The molecule has 1 aliphatic heterocycles. The third-order valence-corrected chi connectivity index (χ3v) is 3.66. The fraction of sp³-hybridized carbons (Fsp3) is 0.429. The van der Waals surface area contributed by atoms with E-state index < -0.39 is 11.9 Å². The van der Waals surface area contributed by atoms with Crippen LogP contribution >= 0.6 is 0 Å². The van der Waals surface area contributed by atoms with E-state index in [0.29, 0.717) is 12.2 Å². The topological polar surface area (TPSA) is 48.0 Å². The number of anilines is 1. The van der Waals surface area contributed by atoms with Crippen LogP contribution in [0.3, 0.4) is 0 Å². The molecular formula is C14H16F3N5. The Balaban J connectivity index is 1.55. The summed E-state index contributed by atoms with van der Waals surface area (Å²) in [6.07, 6.45) is -2.64. The molecule has 1 N–H and O–H groups in total. The van der Waals surface area contributed by atoms with E-state index in [-0.39, 0.29) is 0 Å². The highest BCUT2D eigenvalue weighted by Gasteiger charge is 2.34. The van der Waals surface area contributed by atoms with Crippen molar-refractivity contribution in [2.75, 3.05) is 31.1 Å². The van der Waals surface area contributed by atoms with E-state index in [4.69, 9.17) is 0 Å². The van der Waals surface area contributed by atoms with Crippen LogP contribution < -0.4 is 4.90 Å². The Morgan fingerprint density at radius 3 is 2.50 bits per heavy atom. The summed E-state index contributed by atoms with van der Waals surface area (Å²) in [6, 6.07) is 6.85. The van der Waals surface area contributed by atoms with E-state index in [0.717, 1.165) is 38.1 Å². The number of pyridine rings is 1. The molecule has 0 aliphatic carbocycles. The van der Waals surface area contributed by atoms with Gasteiger partial charge in [0.2, 0.25) is 0 Å². The van der Waals surface area contributed by atoms with Gasteiger partial charge in [-0.3, -0.25) is 10.00 Å². The largest absolute Gasteiger partial charge is 0.435 e. The predicted molar refractivity (Wildman–Crippen MR) is 75.3 cm³/mol. The molecule has 0 atom stereocenters. The van der Waals surface area contributed by atoms with Crippen molar-refractivity contribution in [2.24, 2.45) is 0 Å². The molecule has 3 heterocycles. The average Bonchev–Trinajstić information content (AvgIpc) is 2.98. The Bertz CT molecular complexity index is 602. The van der Waals surface area contributed by atoms with Gasteiger partial charge in [-0.1, -0.05) is 6.07 Å². The summed E-state index contributed by atoms with van der Waals surface area (Å²) >= 11 is 0. The molecule has 0 spiro atoms. The summed E-state index contributed by atoms with van der Waals surface area (Å²) in [5.74, 6) is 0.933. The van der Waals surface area contributed by atoms with Crippen molar-refractivity contribution in [3.05, 3.63) is 41.9 Å².